The van der Waals surface area contributed by atoms with Gasteiger partial charge in [0, 0.05) is 41.2 Å². The second-order valence-electron chi connectivity index (χ2n) is 4.43. The van der Waals surface area contributed by atoms with Crippen LogP contribution in [0, 0.1) is 18.8 Å². The van der Waals surface area contributed by atoms with Crippen molar-refractivity contribution in [3.63, 3.8) is 0 Å². The standard InChI is InChI=1S/C16H13N3O/c1-11-9-18-16-14(11)7-13(10-19-16)4-3-12-5-6-17-15(8-12)20-2/h5-10H,1-2H3,(H,18,19). The smallest absolute Gasteiger partial charge is 0.214 e. The number of ether oxygens (including phenoxy) is 1. The highest BCUT2D eigenvalue weighted by Crippen LogP contribution is 2.16. The normalized spacial score (nSPS) is 10.1. The zero-order valence-electron chi connectivity index (χ0n) is 11.3. The maximum atomic E-state index is 5.07. The van der Waals surface area contributed by atoms with Crippen molar-refractivity contribution in [3.8, 4) is 17.7 Å². The van der Waals surface area contributed by atoms with Crippen LogP contribution in [-0.4, -0.2) is 22.1 Å². The lowest BCUT2D eigenvalue weighted by atomic mass is 10.2. The zero-order valence-corrected chi connectivity index (χ0v) is 11.3. The molecule has 0 radical (unpaired) electrons. The van der Waals surface area contributed by atoms with Crippen LogP contribution in [0.15, 0.2) is 36.8 Å². The van der Waals surface area contributed by atoms with Gasteiger partial charge < -0.3 is 9.72 Å². The number of nitrogens with one attached hydrogen (secondary N) is 1. The molecule has 0 saturated carbocycles. The van der Waals surface area contributed by atoms with E-state index in [1.165, 1.54) is 5.56 Å². The summed E-state index contributed by atoms with van der Waals surface area (Å²) in [6.07, 6.45) is 5.40. The van der Waals surface area contributed by atoms with Gasteiger partial charge in [0.05, 0.1) is 7.11 Å². The number of H-pyrrole nitrogens is 1. The molecule has 0 unspecified atom stereocenters. The summed E-state index contributed by atoms with van der Waals surface area (Å²) in [6, 6.07) is 5.70. The summed E-state index contributed by atoms with van der Waals surface area (Å²) in [4.78, 5) is 11.5. The summed E-state index contributed by atoms with van der Waals surface area (Å²) < 4.78 is 5.07. The van der Waals surface area contributed by atoms with E-state index in [0.717, 1.165) is 22.2 Å². The maximum absolute atomic E-state index is 5.07. The van der Waals surface area contributed by atoms with E-state index in [2.05, 4.69) is 26.8 Å². The number of nitrogens with zero attached hydrogens (tertiary/aromatic N) is 2. The third kappa shape index (κ3) is 2.34. The van der Waals surface area contributed by atoms with Gasteiger partial charge in [0.15, 0.2) is 0 Å². The first-order chi connectivity index (χ1) is 9.76. The van der Waals surface area contributed by atoms with Crippen LogP contribution in [0.1, 0.15) is 16.7 Å². The lowest BCUT2D eigenvalue weighted by Gasteiger charge is -1.97. The lowest BCUT2D eigenvalue weighted by molar-refractivity contribution is 0.398. The molecule has 3 rings (SSSR count). The predicted molar refractivity (Wildman–Crippen MR) is 77.6 cm³/mol. The molecule has 3 aromatic heterocycles. The van der Waals surface area contributed by atoms with Crippen molar-refractivity contribution in [3.05, 3.63) is 53.5 Å². The van der Waals surface area contributed by atoms with Crippen molar-refractivity contribution in [2.24, 2.45) is 0 Å². The van der Waals surface area contributed by atoms with Gasteiger partial charge in [0.2, 0.25) is 5.88 Å². The zero-order chi connectivity index (χ0) is 13.9. The summed E-state index contributed by atoms with van der Waals surface area (Å²) in [5, 5.41) is 1.10. The molecule has 0 atom stereocenters. The number of hydrogen-bond donors (Lipinski definition) is 1. The van der Waals surface area contributed by atoms with Crippen molar-refractivity contribution in [2.75, 3.05) is 7.11 Å². The van der Waals surface area contributed by atoms with Crippen molar-refractivity contribution < 1.29 is 4.74 Å². The van der Waals surface area contributed by atoms with E-state index in [-0.39, 0.29) is 0 Å². The Bertz CT molecular complexity index is 824. The van der Waals surface area contributed by atoms with Gasteiger partial charge in [0.25, 0.3) is 0 Å². The average Bonchev–Trinajstić information content (AvgIpc) is 2.86. The molecule has 20 heavy (non-hydrogen) atoms. The number of methoxy groups -OCH3 is 1. The van der Waals surface area contributed by atoms with Crippen molar-refractivity contribution in [2.45, 2.75) is 6.92 Å². The van der Waals surface area contributed by atoms with E-state index in [0.29, 0.717) is 5.88 Å². The Morgan fingerprint density at radius 3 is 2.85 bits per heavy atom. The molecule has 0 aliphatic heterocycles. The van der Waals surface area contributed by atoms with Crippen LogP contribution < -0.4 is 4.74 Å². The summed E-state index contributed by atoms with van der Waals surface area (Å²) in [7, 11) is 1.59. The SMILES string of the molecule is COc1cc(C#Cc2cnc3[nH]cc(C)c3c2)ccn1. The van der Waals surface area contributed by atoms with Crippen molar-refractivity contribution in [1.82, 2.24) is 15.0 Å². The third-order valence-electron chi connectivity index (χ3n) is 3.03. The van der Waals surface area contributed by atoms with E-state index < -0.39 is 0 Å². The first-order valence-corrected chi connectivity index (χ1v) is 6.22. The molecule has 0 fully saturated rings. The molecule has 0 saturated heterocycles. The first kappa shape index (κ1) is 12.2. The Kier molecular flexibility index (Phi) is 3.10. The van der Waals surface area contributed by atoms with Crippen molar-refractivity contribution >= 4 is 11.0 Å². The van der Waals surface area contributed by atoms with Gasteiger partial charge in [-0.15, -0.1) is 0 Å². The van der Waals surface area contributed by atoms with Crippen LogP contribution >= 0.6 is 0 Å². The van der Waals surface area contributed by atoms with E-state index in [4.69, 9.17) is 4.74 Å². The Balaban J connectivity index is 1.96. The molecule has 4 nitrogen and oxygen atoms in total. The Morgan fingerprint density at radius 2 is 2.00 bits per heavy atom. The number of aryl methyl sites for hydroxylation is 1. The van der Waals surface area contributed by atoms with Crippen LogP contribution in [0.2, 0.25) is 0 Å². The molecular formula is C16H13N3O. The highest BCUT2D eigenvalue weighted by molar-refractivity contribution is 5.80. The summed E-state index contributed by atoms with van der Waals surface area (Å²) in [5.74, 6) is 6.77. The highest BCUT2D eigenvalue weighted by Gasteiger charge is 2.00. The summed E-state index contributed by atoms with van der Waals surface area (Å²) in [6.45, 7) is 2.05. The molecule has 4 heteroatoms. The van der Waals surface area contributed by atoms with E-state index >= 15 is 0 Å². The largest absolute Gasteiger partial charge is 0.481 e. The number of hydrogen-bond acceptors (Lipinski definition) is 3. The molecule has 0 aliphatic carbocycles. The second-order valence-corrected chi connectivity index (χ2v) is 4.43. The third-order valence-corrected chi connectivity index (χ3v) is 3.03. The fourth-order valence-electron chi connectivity index (χ4n) is 1.95. The Labute approximate surface area is 116 Å². The molecule has 3 heterocycles. The average molecular weight is 263 g/mol. The molecule has 1 N–H and O–H groups in total. The molecule has 0 spiro atoms. The van der Waals surface area contributed by atoms with Crippen LogP contribution in [0.5, 0.6) is 5.88 Å². The number of pyridine rings is 2. The molecule has 0 aromatic carbocycles. The topological polar surface area (TPSA) is 50.8 Å². The molecule has 0 bridgehead atoms. The maximum Gasteiger partial charge on any atom is 0.214 e. The molecule has 0 amide bonds. The minimum atomic E-state index is 0.562. The van der Waals surface area contributed by atoms with E-state index in [1.54, 1.807) is 25.6 Å². The molecule has 98 valence electrons. The van der Waals surface area contributed by atoms with Crippen LogP contribution in [0.3, 0.4) is 0 Å². The fraction of sp³-hybridized carbons (Fsp3) is 0.125. The molecule has 3 aromatic rings. The fourth-order valence-corrected chi connectivity index (χ4v) is 1.95. The first-order valence-electron chi connectivity index (χ1n) is 6.22. The Morgan fingerprint density at radius 1 is 1.15 bits per heavy atom. The number of fused-ring (bicyclic) bond motifs is 1. The minimum absolute atomic E-state index is 0.562. The van der Waals surface area contributed by atoms with Gasteiger partial charge in [-0.25, -0.2) is 9.97 Å². The van der Waals surface area contributed by atoms with Crippen LogP contribution in [0.4, 0.5) is 0 Å². The number of rotatable bonds is 1. The van der Waals surface area contributed by atoms with Gasteiger partial charge in [-0.2, -0.15) is 0 Å². The number of aromatic amines is 1. The quantitative estimate of drug-likeness (QED) is 0.687. The van der Waals surface area contributed by atoms with Gasteiger partial charge in [-0.1, -0.05) is 11.8 Å². The summed E-state index contributed by atoms with van der Waals surface area (Å²) >= 11 is 0. The minimum Gasteiger partial charge on any atom is -0.481 e. The van der Waals surface area contributed by atoms with Gasteiger partial charge >= 0.3 is 0 Å². The number of aromatic nitrogens is 3. The monoisotopic (exact) mass is 263 g/mol. The van der Waals surface area contributed by atoms with Gasteiger partial charge in [0.1, 0.15) is 5.65 Å². The summed E-state index contributed by atoms with van der Waals surface area (Å²) in [5.41, 5.74) is 3.80. The van der Waals surface area contributed by atoms with E-state index in [1.807, 2.05) is 25.3 Å². The second kappa shape index (κ2) is 5.06. The molecular weight excluding hydrogens is 250 g/mol. The van der Waals surface area contributed by atoms with E-state index in [9.17, 15) is 0 Å². The van der Waals surface area contributed by atoms with Crippen molar-refractivity contribution in [1.29, 1.82) is 0 Å². The van der Waals surface area contributed by atoms with Crippen LogP contribution in [0.25, 0.3) is 11.0 Å². The van der Waals surface area contributed by atoms with Crippen LogP contribution in [-0.2, 0) is 0 Å². The molecule has 0 aliphatic rings. The Hall–Kier alpha value is -2.80. The van der Waals surface area contributed by atoms with Gasteiger partial charge in [-0.05, 0) is 24.6 Å². The highest BCUT2D eigenvalue weighted by atomic mass is 16.5. The lowest BCUT2D eigenvalue weighted by Crippen LogP contribution is -1.87. The van der Waals surface area contributed by atoms with Gasteiger partial charge in [-0.3, -0.25) is 0 Å². The predicted octanol–water partition coefficient (Wildman–Crippen LogP) is 2.67.